The highest BCUT2D eigenvalue weighted by Crippen LogP contribution is 2.22. The Morgan fingerprint density at radius 1 is 0.966 bits per heavy atom. The zero-order valence-electron chi connectivity index (χ0n) is 17.6. The number of rotatable bonds is 4. The van der Waals surface area contributed by atoms with E-state index in [0.29, 0.717) is 19.5 Å². The van der Waals surface area contributed by atoms with Crippen molar-refractivity contribution in [3.63, 3.8) is 0 Å². The van der Waals surface area contributed by atoms with Gasteiger partial charge in [0.15, 0.2) is 0 Å². The largest absolute Gasteiger partial charge is 0.361 e. The standard InChI is InChI=1S/C21H30N6O2/c1-15-13-19(23-21(22-15)27-7-5-4-6-8-27)25-9-11-26(12-10-25)20(28)14-18-16(2)24-29-17(18)3/h13H,4-12,14H2,1-3H3. The van der Waals surface area contributed by atoms with Crippen LogP contribution in [0.3, 0.4) is 0 Å². The highest BCUT2D eigenvalue weighted by molar-refractivity contribution is 5.79. The maximum atomic E-state index is 12.7. The van der Waals surface area contributed by atoms with Crippen LogP contribution < -0.4 is 9.80 Å². The van der Waals surface area contributed by atoms with Crippen molar-refractivity contribution >= 4 is 17.7 Å². The van der Waals surface area contributed by atoms with Gasteiger partial charge in [-0.05, 0) is 40.0 Å². The zero-order chi connectivity index (χ0) is 20.4. The van der Waals surface area contributed by atoms with Crippen LogP contribution in [0.5, 0.6) is 0 Å². The second kappa shape index (κ2) is 8.39. The lowest BCUT2D eigenvalue weighted by Gasteiger charge is -2.36. The van der Waals surface area contributed by atoms with E-state index in [4.69, 9.17) is 9.51 Å². The van der Waals surface area contributed by atoms with Crippen molar-refractivity contribution in [2.75, 3.05) is 49.1 Å². The summed E-state index contributed by atoms with van der Waals surface area (Å²) in [6, 6.07) is 2.05. The third kappa shape index (κ3) is 4.36. The molecule has 4 heterocycles. The Kier molecular flexibility index (Phi) is 5.69. The molecule has 0 N–H and O–H groups in total. The summed E-state index contributed by atoms with van der Waals surface area (Å²) in [7, 11) is 0. The topological polar surface area (TPSA) is 78.6 Å². The smallest absolute Gasteiger partial charge is 0.227 e. The first-order valence-electron chi connectivity index (χ1n) is 10.6. The zero-order valence-corrected chi connectivity index (χ0v) is 17.6. The molecule has 29 heavy (non-hydrogen) atoms. The molecule has 8 nitrogen and oxygen atoms in total. The molecule has 2 aliphatic heterocycles. The van der Waals surface area contributed by atoms with Gasteiger partial charge in [-0.1, -0.05) is 5.16 Å². The number of aromatic nitrogens is 3. The minimum Gasteiger partial charge on any atom is -0.361 e. The summed E-state index contributed by atoms with van der Waals surface area (Å²) in [5.41, 5.74) is 2.71. The fourth-order valence-electron chi connectivity index (χ4n) is 4.14. The molecule has 2 aromatic heterocycles. The van der Waals surface area contributed by atoms with E-state index >= 15 is 0 Å². The third-order valence-electron chi connectivity index (χ3n) is 5.93. The van der Waals surface area contributed by atoms with Crippen LogP contribution in [-0.4, -0.2) is 65.2 Å². The van der Waals surface area contributed by atoms with Crippen molar-refractivity contribution < 1.29 is 9.32 Å². The number of carbonyl (C=O) groups is 1. The van der Waals surface area contributed by atoms with Crippen LogP contribution in [0.4, 0.5) is 11.8 Å². The molecule has 0 bridgehead atoms. The molecule has 0 radical (unpaired) electrons. The molecule has 4 rings (SSSR count). The summed E-state index contributed by atoms with van der Waals surface area (Å²) >= 11 is 0. The monoisotopic (exact) mass is 398 g/mol. The second-order valence-electron chi connectivity index (χ2n) is 8.06. The van der Waals surface area contributed by atoms with E-state index in [1.165, 1.54) is 19.3 Å². The van der Waals surface area contributed by atoms with Gasteiger partial charge in [0.2, 0.25) is 11.9 Å². The minimum atomic E-state index is 0.131. The Labute approximate surface area is 171 Å². The average Bonchev–Trinajstić information content (AvgIpc) is 3.06. The molecule has 0 saturated carbocycles. The summed E-state index contributed by atoms with van der Waals surface area (Å²) in [6.45, 7) is 10.8. The molecule has 0 atom stereocenters. The second-order valence-corrected chi connectivity index (χ2v) is 8.06. The molecule has 0 spiro atoms. The number of aryl methyl sites for hydroxylation is 3. The Balaban J connectivity index is 1.39. The summed E-state index contributed by atoms with van der Waals surface area (Å²) in [5, 5.41) is 3.95. The fourth-order valence-corrected chi connectivity index (χ4v) is 4.14. The molecule has 0 unspecified atom stereocenters. The van der Waals surface area contributed by atoms with Gasteiger partial charge in [-0.3, -0.25) is 4.79 Å². The van der Waals surface area contributed by atoms with Crippen LogP contribution in [0.1, 0.15) is 42.0 Å². The van der Waals surface area contributed by atoms with Gasteiger partial charge < -0.3 is 19.2 Å². The lowest BCUT2D eigenvalue weighted by molar-refractivity contribution is -0.130. The number of piperidine rings is 1. The molecule has 2 fully saturated rings. The van der Waals surface area contributed by atoms with E-state index < -0.39 is 0 Å². The van der Waals surface area contributed by atoms with Gasteiger partial charge in [-0.25, -0.2) is 4.98 Å². The first kappa shape index (κ1) is 19.7. The van der Waals surface area contributed by atoms with Gasteiger partial charge in [0.25, 0.3) is 0 Å². The van der Waals surface area contributed by atoms with Crippen LogP contribution in [0.25, 0.3) is 0 Å². The number of anilines is 2. The van der Waals surface area contributed by atoms with Gasteiger partial charge in [-0.15, -0.1) is 0 Å². The van der Waals surface area contributed by atoms with Crippen molar-refractivity contribution in [2.45, 2.75) is 46.5 Å². The lowest BCUT2D eigenvalue weighted by atomic mass is 10.1. The van der Waals surface area contributed by atoms with E-state index in [2.05, 4.69) is 26.0 Å². The maximum absolute atomic E-state index is 12.7. The van der Waals surface area contributed by atoms with Crippen LogP contribution in [0.2, 0.25) is 0 Å². The van der Waals surface area contributed by atoms with Crippen molar-refractivity contribution in [3.8, 4) is 0 Å². The van der Waals surface area contributed by atoms with Gasteiger partial charge in [0.05, 0.1) is 12.1 Å². The normalized spacial score (nSPS) is 17.7. The Morgan fingerprint density at radius 3 is 2.34 bits per heavy atom. The number of hydrogen-bond acceptors (Lipinski definition) is 7. The molecular formula is C21H30N6O2. The summed E-state index contributed by atoms with van der Waals surface area (Å²) in [4.78, 5) is 28.7. The predicted octanol–water partition coefficient (Wildman–Crippen LogP) is 2.27. The summed E-state index contributed by atoms with van der Waals surface area (Å²) < 4.78 is 5.18. The number of hydrogen-bond donors (Lipinski definition) is 0. The maximum Gasteiger partial charge on any atom is 0.227 e. The van der Waals surface area contributed by atoms with E-state index in [0.717, 1.165) is 60.7 Å². The molecule has 1 amide bonds. The molecule has 2 aromatic rings. The molecule has 156 valence electrons. The molecular weight excluding hydrogens is 368 g/mol. The minimum absolute atomic E-state index is 0.131. The van der Waals surface area contributed by atoms with Gasteiger partial charge in [0.1, 0.15) is 11.6 Å². The molecule has 0 aliphatic carbocycles. The molecule has 2 aliphatic rings. The summed E-state index contributed by atoms with van der Waals surface area (Å²) in [6.07, 6.45) is 4.06. The van der Waals surface area contributed by atoms with E-state index in [-0.39, 0.29) is 5.91 Å². The van der Waals surface area contributed by atoms with Crippen molar-refractivity contribution in [2.24, 2.45) is 0 Å². The molecule has 2 saturated heterocycles. The number of amides is 1. The first-order chi connectivity index (χ1) is 14.0. The van der Waals surface area contributed by atoms with E-state index in [1.807, 2.05) is 25.7 Å². The summed E-state index contributed by atoms with van der Waals surface area (Å²) in [5.74, 6) is 2.68. The molecule has 0 aromatic carbocycles. The lowest BCUT2D eigenvalue weighted by Crippen LogP contribution is -2.49. The van der Waals surface area contributed by atoms with E-state index in [9.17, 15) is 4.79 Å². The number of carbonyl (C=O) groups excluding carboxylic acids is 1. The van der Waals surface area contributed by atoms with Gasteiger partial charge in [-0.2, -0.15) is 4.98 Å². The number of piperazine rings is 1. The van der Waals surface area contributed by atoms with E-state index in [1.54, 1.807) is 0 Å². The fraction of sp³-hybridized carbons (Fsp3) is 0.619. The van der Waals surface area contributed by atoms with Gasteiger partial charge in [0, 0.05) is 56.6 Å². The highest BCUT2D eigenvalue weighted by atomic mass is 16.5. The quantitative estimate of drug-likeness (QED) is 0.782. The highest BCUT2D eigenvalue weighted by Gasteiger charge is 2.25. The number of nitrogens with zero attached hydrogens (tertiary/aromatic N) is 6. The van der Waals surface area contributed by atoms with Crippen molar-refractivity contribution in [1.29, 1.82) is 0 Å². The van der Waals surface area contributed by atoms with Crippen molar-refractivity contribution in [3.05, 3.63) is 28.8 Å². The van der Waals surface area contributed by atoms with Crippen molar-refractivity contribution in [1.82, 2.24) is 20.0 Å². The average molecular weight is 399 g/mol. The first-order valence-corrected chi connectivity index (χ1v) is 10.6. The van der Waals surface area contributed by atoms with Crippen LogP contribution in [-0.2, 0) is 11.2 Å². The van der Waals surface area contributed by atoms with Crippen LogP contribution in [0.15, 0.2) is 10.6 Å². The Morgan fingerprint density at radius 2 is 1.69 bits per heavy atom. The third-order valence-corrected chi connectivity index (χ3v) is 5.93. The van der Waals surface area contributed by atoms with Crippen LogP contribution >= 0.6 is 0 Å². The Hall–Kier alpha value is -2.64. The SMILES string of the molecule is Cc1cc(N2CCN(C(=O)Cc3c(C)noc3C)CC2)nc(N2CCCCC2)n1. The molecule has 8 heteroatoms. The Bertz CT molecular complexity index is 847. The van der Waals surface area contributed by atoms with Crippen LogP contribution in [0, 0.1) is 20.8 Å². The predicted molar refractivity (Wildman–Crippen MR) is 111 cm³/mol. The van der Waals surface area contributed by atoms with Gasteiger partial charge >= 0.3 is 0 Å².